The summed E-state index contributed by atoms with van der Waals surface area (Å²) < 4.78 is 5.05. The van der Waals surface area contributed by atoms with E-state index in [-0.39, 0.29) is 0 Å². The molecule has 1 rings (SSSR count). The summed E-state index contributed by atoms with van der Waals surface area (Å²) in [5.41, 5.74) is 1.02. The third-order valence-corrected chi connectivity index (χ3v) is 2.65. The van der Waals surface area contributed by atoms with Crippen molar-refractivity contribution in [1.29, 1.82) is 0 Å². The average Bonchev–Trinajstić information content (AvgIpc) is 2.50. The van der Waals surface area contributed by atoms with E-state index in [1.54, 1.807) is 0 Å². The van der Waals surface area contributed by atoms with E-state index in [1.807, 2.05) is 13.0 Å². The number of aryl methyl sites for hydroxylation is 1. The maximum atomic E-state index is 5.05. The molecule has 0 N–H and O–H groups in total. The van der Waals surface area contributed by atoms with E-state index in [0.29, 0.717) is 6.04 Å². The van der Waals surface area contributed by atoms with E-state index in [2.05, 4.69) is 37.9 Å². The van der Waals surface area contributed by atoms with Crippen molar-refractivity contribution in [3.8, 4) is 0 Å². The Bertz CT molecular complexity index is 294. The lowest BCUT2D eigenvalue weighted by Gasteiger charge is -2.25. The molecule has 0 aliphatic rings. The maximum absolute atomic E-state index is 5.05. The Morgan fingerprint density at radius 1 is 1.40 bits per heavy atom. The number of aromatic nitrogens is 1. The molecule has 3 heteroatoms. The molecule has 0 bridgehead atoms. The molecule has 0 amide bonds. The highest BCUT2D eigenvalue weighted by atomic mass is 16.5. The van der Waals surface area contributed by atoms with Crippen LogP contribution >= 0.6 is 0 Å². The summed E-state index contributed by atoms with van der Waals surface area (Å²) >= 11 is 0. The summed E-state index contributed by atoms with van der Waals surface area (Å²) in [6, 6.07) is 2.58. The Labute approximate surface area is 92.4 Å². The zero-order chi connectivity index (χ0) is 11.4. The van der Waals surface area contributed by atoms with E-state index in [4.69, 9.17) is 4.52 Å². The van der Waals surface area contributed by atoms with Crippen LogP contribution < -0.4 is 0 Å². The molecule has 1 aromatic heterocycles. The van der Waals surface area contributed by atoms with Gasteiger partial charge in [-0.1, -0.05) is 19.0 Å². The first-order valence-corrected chi connectivity index (χ1v) is 5.61. The molecule has 0 spiro atoms. The van der Waals surface area contributed by atoms with E-state index >= 15 is 0 Å². The fraction of sp³-hybridized carbons (Fsp3) is 0.750. The van der Waals surface area contributed by atoms with Crippen molar-refractivity contribution in [2.24, 2.45) is 5.92 Å². The lowest BCUT2D eigenvalue weighted by atomic mass is 10.0. The monoisotopic (exact) mass is 210 g/mol. The maximum Gasteiger partial charge on any atom is 0.133 e. The molecule has 1 unspecified atom stereocenters. The van der Waals surface area contributed by atoms with Crippen LogP contribution in [0.2, 0.25) is 0 Å². The Morgan fingerprint density at radius 3 is 2.53 bits per heavy atom. The van der Waals surface area contributed by atoms with Gasteiger partial charge in [-0.2, -0.15) is 0 Å². The van der Waals surface area contributed by atoms with Crippen molar-refractivity contribution >= 4 is 0 Å². The molecular weight excluding hydrogens is 188 g/mol. The van der Waals surface area contributed by atoms with Crippen LogP contribution in [0.4, 0.5) is 0 Å². The van der Waals surface area contributed by atoms with Gasteiger partial charge in [-0.3, -0.25) is 4.90 Å². The van der Waals surface area contributed by atoms with Gasteiger partial charge >= 0.3 is 0 Å². The third kappa shape index (κ3) is 4.04. The molecule has 86 valence electrons. The second-order valence-corrected chi connectivity index (χ2v) is 4.82. The molecule has 1 atom stereocenters. The minimum absolute atomic E-state index is 0.585. The van der Waals surface area contributed by atoms with Gasteiger partial charge in [-0.15, -0.1) is 0 Å². The first kappa shape index (κ1) is 12.2. The van der Waals surface area contributed by atoms with Gasteiger partial charge in [-0.25, -0.2) is 0 Å². The second-order valence-electron chi connectivity index (χ2n) is 4.82. The van der Waals surface area contributed by atoms with Crippen LogP contribution in [0.3, 0.4) is 0 Å². The normalized spacial score (nSPS) is 13.8. The van der Waals surface area contributed by atoms with Crippen molar-refractivity contribution in [1.82, 2.24) is 10.1 Å². The lowest BCUT2D eigenvalue weighted by Crippen LogP contribution is -2.29. The second kappa shape index (κ2) is 5.31. The minimum atomic E-state index is 0.585. The molecule has 0 aromatic carbocycles. The summed E-state index contributed by atoms with van der Waals surface area (Å²) in [5.74, 6) is 1.62. The Hall–Kier alpha value is -0.830. The zero-order valence-electron chi connectivity index (χ0n) is 10.4. The molecule has 1 heterocycles. The van der Waals surface area contributed by atoms with Crippen molar-refractivity contribution < 1.29 is 4.52 Å². The highest BCUT2D eigenvalue weighted by molar-refractivity contribution is 5.03. The first-order chi connectivity index (χ1) is 6.99. The predicted octanol–water partition coefficient (Wildman–Crippen LogP) is 2.85. The molecule has 0 aliphatic heterocycles. The number of nitrogens with zero attached hydrogens (tertiary/aromatic N) is 2. The van der Waals surface area contributed by atoms with Gasteiger partial charge < -0.3 is 4.52 Å². The highest BCUT2D eigenvalue weighted by Crippen LogP contribution is 2.12. The van der Waals surface area contributed by atoms with Crippen molar-refractivity contribution in [2.45, 2.75) is 46.7 Å². The number of hydrogen-bond acceptors (Lipinski definition) is 3. The highest BCUT2D eigenvalue weighted by Gasteiger charge is 2.12. The molecule has 0 saturated carbocycles. The number of rotatable bonds is 5. The summed E-state index contributed by atoms with van der Waals surface area (Å²) in [4.78, 5) is 2.32. The van der Waals surface area contributed by atoms with E-state index in [9.17, 15) is 0 Å². The largest absolute Gasteiger partial charge is 0.361 e. The van der Waals surface area contributed by atoms with Crippen LogP contribution in [0.1, 0.15) is 38.6 Å². The molecule has 15 heavy (non-hydrogen) atoms. The Morgan fingerprint density at radius 2 is 2.07 bits per heavy atom. The summed E-state index contributed by atoms with van der Waals surface area (Å²) in [5, 5.41) is 4.00. The van der Waals surface area contributed by atoms with Gasteiger partial charge in [0.1, 0.15) is 5.76 Å². The third-order valence-electron chi connectivity index (χ3n) is 2.65. The molecule has 0 radical (unpaired) electrons. The van der Waals surface area contributed by atoms with Crippen molar-refractivity contribution in [3.05, 3.63) is 17.5 Å². The smallest absolute Gasteiger partial charge is 0.133 e. The summed E-state index contributed by atoms with van der Waals surface area (Å²) in [6.45, 7) is 9.56. The van der Waals surface area contributed by atoms with E-state index in [1.165, 1.54) is 6.42 Å². The van der Waals surface area contributed by atoms with Gasteiger partial charge in [0.2, 0.25) is 0 Å². The van der Waals surface area contributed by atoms with E-state index in [0.717, 1.165) is 23.9 Å². The average molecular weight is 210 g/mol. The van der Waals surface area contributed by atoms with Crippen LogP contribution in [-0.4, -0.2) is 23.1 Å². The molecule has 0 saturated heterocycles. The van der Waals surface area contributed by atoms with Gasteiger partial charge in [-0.05, 0) is 33.2 Å². The van der Waals surface area contributed by atoms with Crippen LogP contribution in [0, 0.1) is 12.8 Å². The summed E-state index contributed by atoms with van der Waals surface area (Å²) in [7, 11) is 2.14. The van der Waals surface area contributed by atoms with Gasteiger partial charge in [0.25, 0.3) is 0 Å². The quantitative estimate of drug-likeness (QED) is 0.748. The molecule has 0 fully saturated rings. The van der Waals surface area contributed by atoms with Crippen molar-refractivity contribution in [3.63, 3.8) is 0 Å². The van der Waals surface area contributed by atoms with Crippen LogP contribution in [0.5, 0.6) is 0 Å². The molecule has 3 nitrogen and oxygen atoms in total. The Balaban J connectivity index is 2.44. The topological polar surface area (TPSA) is 29.3 Å². The number of hydrogen-bond donors (Lipinski definition) is 0. The van der Waals surface area contributed by atoms with Crippen LogP contribution in [0.15, 0.2) is 10.6 Å². The van der Waals surface area contributed by atoms with Crippen LogP contribution in [-0.2, 0) is 6.54 Å². The fourth-order valence-electron chi connectivity index (χ4n) is 1.77. The SMILES string of the molecule is Cc1cc(CN(C)C(C)CC(C)C)no1. The van der Waals surface area contributed by atoms with Gasteiger partial charge in [0.05, 0.1) is 5.69 Å². The van der Waals surface area contributed by atoms with Gasteiger partial charge in [0, 0.05) is 18.7 Å². The Kier molecular flexibility index (Phi) is 4.33. The zero-order valence-corrected chi connectivity index (χ0v) is 10.4. The predicted molar refractivity (Wildman–Crippen MR) is 61.6 cm³/mol. The molecule has 0 aliphatic carbocycles. The minimum Gasteiger partial charge on any atom is -0.361 e. The lowest BCUT2D eigenvalue weighted by molar-refractivity contribution is 0.214. The molecule has 1 aromatic rings. The molecular formula is C12H22N2O. The van der Waals surface area contributed by atoms with E-state index < -0.39 is 0 Å². The standard InChI is InChI=1S/C12H22N2O/c1-9(2)6-10(3)14(5)8-12-7-11(4)15-13-12/h7,9-10H,6,8H2,1-5H3. The van der Waals surface area contributed by atoms with Gasteiger partial charge in [0.15, 0.2) is 0 Å². The van der Waals surface area contributed by atoms with Crippen molar-refractivity contribution in [2.75, 3.05) is 7.05 Å². The van der Waals surface area contributed by atoms with Crippen LogP contribution in [0.25, 0.3) is 0 Å². The fourth-order valence-corrected chi connectivity index (χ4v) is 1.77. The summed E-state index contributed by atoms with van der Waals surface area (Å²) in [6.07, 6.45) is 1.22. The first-order valence-electron chi connectivity index (χ1n) is 5.61.